The first-order valence-corrected chi connectivity index (χ1v) is 9.19. The molecule has 2 rings (SSSR count). The van der Waals surface area contributed by atoms with Crippen molar-refractivity contribution in [3.63, 3.8) is 0 Å². The van der Waals surface area contributed by atoms with Gasteiger partial charge < -0.3 is 0 Å². The number of hydrogen-bond acceptors (Lipinski definition) is 3. The van der Waals surface area contributed by atoms with E-state index in [2.05, 4.69) is 15.9 Å². The summed E-state index contributed by atoms with van der Waals surface area (Å²) in [6.45, 7) is 0. The minimum absolute atomic E-state index is 0.0666. The molecule has 1 amide bonds. The minimum atomic E-state index is -4.50. The van der Waals surface area contributed by atoms with Crippen LogP contribution in [-0.2, 0) is 16.2 Å². The SMILES string of the molecule is O=C(NS(=O)(=O)/C=C/c1ccc(C(F)(F)F)cc1)c1ccc(F)cc1Br. The molecule has 0 heterocycles. The zero-order valence-corrected chi connectivity index (χ0v) is 15.1. The first-order valence-electron chi connectivity index (χ1n) is 6.85. The molecular weight excluding hydrogens is 442 g/mol. The number of alkyl halides is 3. The Hall–Kier alpha value is -2.20. The molecule has 0 saturated carbocycles. The van der Waals surface area contributed by atoms with E-state index in [0.29, 0.717) is 5.41 Å². The van der Waals surface area contributed by atoms with E-state index < -0.39 is 33.5 Å². The first-order chi connectivity index (χ1) is 12.0. The van der Waals surface area contributed by atoms with Crippen LogP contribution in [0.2, 0.25) is 0 Å². The van der Waals surface area contributed by atoms with Crippen LogP contribution in [0.4, 0.5) is 17.6 Å². The molecule has 0 fully saturated rings. The van der Waals surface area contributed by atoms with Gasteiger partial charge in [-0.2, -0.15) is 13.2 Å². The van der Waals surface area contributed by atoms with Crippen molar-refractivity contribution in [2.24, 2.45) is 0 Å². The lowest BCUT2D eigenvalue weighted by Gasteiger charge is -2.06. The van der Waals surface area contributed by atoms with Gasteiger partial charge >= 0.3 is 6.18 Å². The quantitative estimate of drug-likeness (QED) is 0.703. The molecule has 0 aliphatic heterocycles. The Bertz CT molecular complexity index is 954. The van der Waals surface area contributed by atoms with Crippen molar-refractivity contribution in [1.29, 1.82) is 0 Å². The molecule has 0 unspecified atom stereocenters. The standard InChI is InChI=1S/C16H10BrF4NO3S/c17-14-9-12(18)5-6-13(14)15(23)22-26(24,25)8-7-10-1-3-11(4-2-10)16(19,20)21/h1-9H,(H,22,23)/b8-7+. The third kappa shape index (κ3) is 5.40. The molecule has 1 N–H and O–H groups in total. The van der Waals surface area contributed by atoms with Gasteiger partial charge in [-0.15, -0.1) is 0 Å². The van der Waals surface area contributed by atoms with Crippen LogP contribution < -0.4 is 4.72 Å². The molecule has 0 spiro atoms. The molecule has 4 nitrogen and oxygen atoms in total. The van der Waals surface area contributed by atoms with Crippen molar-refractivity contribution in [2.45, 2.75) is 6.18 Å². The van der Waals surface area contributed by atoms with Crippen molar-refractivity contribution in [2.75, 3.05) is 0 Å². The van der Waals surface area contributed by atoms with Crippen molar-refractivity contribution in [1.82, 2.24) is 4.72 Å². The van der Waals surface area contributed by atoms with Crippen LogP contribution in [0.1, 0.15) is 21.5 Å². The topological polar surface area (TPSA) is 63.2 Å². The van der Waals surface area contributed by atoms with Gasteiger partial charge in [-0.3, -0.25) is 4.79 Å². The van der Waals surface area contributed by atoms with Gasteiger partial charge in [0.2, 0.25) is 0 Å². The lowest BCUT2D eigenvalue weighted by molar-refractivity contribution is -0.137. The number of nitrogens with one attached hydrogen (secondary N) is 1. The predicted octanol–water partition coefficient (Wildman–Crippen LogP) is 4.34. The molecule has 0 aliphatic rings. The van der Waals surface area contributed by atoms with Crippen LogP contribution in [0.5, 0.6) is 0 Å². The van der Waals surface area contributed by atoms with Crippen molar-refractivity contribution < 1.29 is 30.8 Å². The number of rotatable bonds is 4. The Morgan fingerprint density at radius 1 is 1.08 bits per heavy atom. The van der Waals surface area contributed by atoms with Gasteiger partial charge in [-0.25, -0.2) is 17.5 Å². The summed E-state index contributed by atoms with van der Waals surface area (Å²) in [7, 11) is -4.21. The zero-order valence-electron chi connectivity index (χ0n) is 12.7. The second-order valence-corrected chi connectivity index (χ2v) is 7.44. The van der Waals surface area contributed by atoms with E-state index >= 15 is 0 Å². The van der Waals surface area contributed by atoms with Crippen LogP contribution in [0.25, 0.3) is 6.08 Å². The van der Waals surface area contributed by atoms with Crippen LogP contribution in [0.3, 0.4) is 0 Å². The number of hydrogen-bond donors (Lipinski definition) is 1. The van der Waals surface area contributed by atoms with Gasteiger partial charge in [-0.1, -0.05) is 12.1 Å². The van der Waals surface area contributed by atoms with Gasteiger partial charge in [-0.05, 0) is 57.9 Å². The minimum Gasteiger partial charge on any atom is -0.268 e. The molecule has 0 aliphatic carbocycles. The summed E-state index contributed by atoms with van der Waals surface area (Å²) in [6.07, 6.45) is -3.46. The Morgan fingerprint density at radius 2 is 1.69 bits per heavy atom. The average molecular weight is 452 g/mol. The number of benzene rings is 2. The predicted molar refractivity (Wildman–Crippen MR) is 91.0 cm³/mol. The van der Waals surface area contributed by atoms with Crippen molar-refractivity contribution in [3.8, 4) is 0 Å². The summed E-state index contributed by atoms with van der Waals surface area (Å²) < 4.78 is 76.0. The number of carbonyl (C=O) groups is 1. The fourth-order valence-corrected chi connectivity index (χ4v) is 3.15. The van der Waals surface area contributed by atoms with Gasteiger partial charge in [0.15, 0.2) is 0 Å². The fraction of sp³-hybridized carbons (Fsp3) is 0.0625. The van der Waals surface area contributed by atoms with Gasteiger partial charge in [0, 0.05) is 4.47 Å². The van der Waals surface area contributed by atoms with Gasteiger partial charge in [0.25, 0.3) is 15.9 Å². The highest BCUT2D eigenvalue weighted by atomic mass is 79.9. The van der Waals surface area contributed by atoms with Crippen LogP contribution in [0.15, 0.2) is 52.3 Å². The monoisotopic (exact) mass is 451 g/mol. The van der Waals surface area contributed by atoms with E-state index in [1.54, 1.807) is 4.72 Å². The first kappa shape index (κ1) is 20.1. The maximum absolute atomic E-state index is 13.0. The number of halogens is 5. The van der Waals surface area contributed by atoms with E-state index in [9.17, 15) is 30.8 Å². The molecular formula is C16H10BrF4NO3S. The summed E-state index contributed by atoms with van der Waals surface area (Å²) in [5, 5.41) is 0.644. The summed E-state index contributed by atoms with van der Waals surface area (Å²) in [5.74, 6) is -1.60. The smallest absolute Gasteiger partial charge is 0.268 e. The maximum Gasteiger partial charge on any atom is 0.416 e. The molecule has 0 radical (unpaired) electrons. The highest BCUT2D eigenvalue weighted by Gasteiger charge is 2.29. The van der Waals surface area contributed by atoms with Crippen molar-refractivity contribution in [3.05, 3.63) is 74.9 Å². The summed E-state index contributed by atoms with van der Waals surface area (Å²) >= 11 is 2.95. The molecule has 0 saturated heterocycles. The zero-order chi connectivity index (χ0) is 19.5. The Kier molecular flexibility index (Phi) is 5.87. The average Bonchev–Trinajstić information content (AvgIpc) is 2.52. The summed E-state index contributed by atoms with van der Waals surface area (Å²) in [5.41, 5.74) is -0.774. The Morgan fingerprint density at radius 3 is 2.23 bits per heavy atom. The van der Waals surface area contributed by atoms with Crippen LogP contribution >= 0.6 is 15.9 Å². The number of sulfonamides is 1. The second kappa shape index (κ2) is 7.58. The van der Waals surface area contributed by atoms with E-state index in [4.69, 9.17) is 0 Å². The lowest BCUT2D eigenvalue weighted by Crippen LogP contribution is -2.29. The third-order valence-electron chi connectivity index (χ3n) is 3.09. The second-order valence-electron chi connectivity index (χ2n) is 5.02. The Balaban J connectivity index is 2.12. The third-order valence-corrected chi connectivity index (χ3v) is 4.71. The largest absolute Gasteiger partial charge is 0.416 e. The van der Waals surface area contributed by atoms with E-state index in [-0.39, 0.29) is 15.6 Å². The normalized spacial score (nSPS) is 12.3. The van der Waals surface area contributed by atoms with Crippen LogP contribution in [-0.4, -0.2) is 14.3 Å². The Labute approximate surface area is 154 Å². The molecule has 138 valence electrons. The molecule has 0 bridgehead atoms. The summed E-state index contributed by atoms with van der Waals surface area (Å²) in [6, 6.07) is 6.88. The van der Waals surface area contributed by atoms with Crippen molar-refractivity contribution >= 4 is 37.9 Å². The molecule has 2 aromatic carbocycles. The molecule has 0 atom stereocenters. The molecule has 0 aromatic heterocycles. The highest BCUT2D eigenvalue weighted by Crippen LogP contribution is 2.29. The van der Waals surface area contributed by atoms with E-state index in [0.717, 1.165) is 48.5 Å². The van der Waals surface area contributed by atoms with Crippen LogP contribution in [0, 0.1) is 5.82 Å². The van der Waals surface area contributed by atoms with E-state index in [1.165, 1.54) is 0 Å². The number of carbonyl (C=O) groups excluding carboxylic acids is 1. The maximum atomic E-state index is 13.0. The molecule has 10 heteroatoms. The lowest BCUT2D eigenvalue weighted by atomic mass is 10.1. The fourth-order valence-electron chi connectivity index (χ4n) is 1.84. The summed E-state index contributed by atoms with van der Waals surface area (Å²) in [4.78, 5) is 12.0. The van der Waals surface area contributed by atoms with Gasteiger partial charge in [0.05, 0.1) is 16.5 Å². The molecule has 2 aromatic rings. The number of amides is 1. The van der Waals surface area contributed by atoms with E-state index in [1.807, 2.05) is 0 Å². The van der Waals surface area contributed by atoms with Gasteiger partial charge in [0.1, 0.15) is 5.82 Å². The highest BCUT2D eigenvalue weighted by molar-refractivity contribution is 9.10. The molecule has 26 heavy (non-hydrogen) atoms.